The van der Waals surface area contributed by atoms with Gasteiger partial charge in [-0.2, -0.15) is 5.26 Å². The highest BCUT2D eigenvalue weighted by atomic mass is 32.1. The molecule has 5 nitrogen and oxygen atoms in total. The molecule has 1 aliphatic heterocycles. The molecule has 3 rings (SSSR count). The lowest BCUT2D eigenvalue weighted by Crippen LogP contribution is -3.14. The third-order valence-corrected chi connectivity index (χ3v) is 5.95. The number of amides is 1. The normalized spacial score (nSPS) is 21.5. The van der Waals surface area contributed by atoms with Crippen LogP contribution in [0.1, 0.15) is 35.8 Å². The topological polar surface area (TPSA) is 66.6 Å². The molecule has 0 bridgehead atoms. The van der Waals surface area contributed by atoms with Crippen molar-refractivity contribution in [1.82, 2.24) is 0 Å². The molecular weight excluding hydrogens is 310 g/mol. The van der Waals surface area contributed by atoms with Crippen molar-refractivity contribution in [2.45, 2.75) is 32.6 Å². The molecule has 1 aliphatic carbocycles. The van der Waals surface area contributed by atoms with E-state index in [0.29, 0.717) is 17.9 Å². The second-order valence-electron chi connectivity index (χ2n) is 6.58. The average molecular weight is 334 g/mol. The van der Waals surface area contributed by atoms with Crippen LogP contribution in [0, 0.1) is 17.2 Å². The number of anilines is 1. The molecule has 1 aromatic heterocycles. The third-order valence-electron chi connectivity index (χ3n) is 4.78. The van der Waals surface area contributed by atoms with Crippen LogP contribution in [0.3, 0.4) is 0 Å². The molecule has 0 unspecified atom stereocenters. The van der Waals surface area contributed by atoms with Crippen LogP contribution in [0.2, 0.25) is 0 Å². The molecule has 1 aromatic rings. The van der Waals surface area contributed by atoms with Gasteiger partial charge in [0.15, 0.2) is 0 Å². The van der Waals surface area contributed by atoms with Crippen molar-refractivity contribution < 1.29 is 14.4 Å². The standard InChI is InChI=1S/C17H23N3O2S/c1-12-2-3-13-14(11-18)17(23-15(13)10-12)19-16(21)4-5-20-6-8-22-9-7-20/h12H,2-10H2,1H3,(H,19,21)/p+1/t12-/m0/s1. The average Bonchev–Trinajstić information content (AvgIpc) is 2.89. The van der Waals surface area contributed by atoms with Gasteiger partial charge in [0.2, 0.25) is 5.91 Å². The molecule has 0 spiro atoms. The van der Waals surface area contributed by atoms with E-state index in [1.807, 2.05) is 0 Å². The highest BCUT2D eigenvalue weighted by Crippen LogP contribution is 2.39. The highest BCUT2D eigenvalue weighted by molar-refractivity contribution is 7.16. The summed E-state index contributed by atoms with van der Waals surface area (Å²) in [5.74, 6) is 0.688. The molecule has 0 saturated carbocycles. The second-order valence-corrected chi connectivity index (χ2v) is 7.68. The lowest BCUT2D eigenvalue weighted by Gasteiger charge is -2.23. The molecule has 1 amide bonds. The summed E-state index contributed by atoms with van der Waals surface area (Å²) in [5, 5.41) is 13.2. The lowest BCUT2D eigenvalue weighted by atomic mass is 9.89. The maximum absolute atomic E-state index is 12.2. The van der Waals surface area contributed by atoms with Crippen LogP contribution in [-0.4, -0.2) is 38.8 Å². The van der Waals surface area contributed by atoms with Crippen molar-refractivity contribution in [2.24, 2.45) is 5.92 Å². The Bertz CT molecular complexity index is 614. The van der Waals surface area contributed by atoms with Crippen molar-refractivity contribution in [3.8, 4) is 6.07 Å². The Kier molecular flexibility index (Phi) is 5.31. The Labute approximate surface area is 141 Å². The van der Waals surface area contributed by atoms with E-state index in [2.05, 4.69) is 18.3 Å². The Balaban J connectivity index is 1.61. The van der Waals surface area contributed by atoms with Gasteiger partial charge >= 0.3 is 0 Å². The summed E-state index contributed by atoms with van der Waals surface area (Å²) in [6, 6.07) is 2.30. The Morgan fingerprint density at radius 2 is 2.26 bits per heavy atom. The van der Waals surface area contributed by atoms with Crippen molar-refractivity contribution in [1.29, 1.82) is 5.26 Å². The Morgan fingerprint density at radius 3 is 3.00 bits per heavy atom. The SMILES string of the molecule is C[C@H]1CCc2c(sc(NC(=O)CC[NH+]3CCOCC3)c2C#N)C1. The first-order chi connectivity index (χ1) is 11.2. The predicted molar refractivity (Wildman–Crippen MR) is 89.9 cm³/mol. The summed E-state index contributed by atoms with van der Waals surface area (Å²) in [7, 11) is 0. The minimum atomic E-state index is 0.0205. The molecule has 23 heavy (non-hydrogen) atoms. The first-order valence-electron chi connectivity index (χ1n) is 8.43. The zero-order valence-corrected chi connectivity index (χ0v) is 14.4. The molecule has 1 fully saturated rings. The van der Waals surface area contributed by atoms with Crippen LogP contribution >= 0.6 is 11.3 Å². The number of carbonyl (C=O) groups excluding carboxylic acids is 1. The number of rotatable bonds is 4. The number of hydrogen-bond acceptors (Lipinski definition) is 4. The van der Waals surface area contributed by atoms with Crippen molar-refractivity contribution >= 4 is 22.2 Å². The first-order valence-corrected chi connectivity index (χ1v) is 9.24. The molecule has 0 radical (unpaired) electrons. The van der Waals surface area contributed by atoms with Crippen LogP contribution < -0.4 is 10.2 Å². The van der Waals surface area contributed by atoms with Gasteiger partial charge in [0.1, 0.15) is 24.2 Å². The minimum Gasteiger partial charge on any atom is -0.370 e. The molecule has 6 heteroatoms. The lowest BCUT2D eigenvalue weighted by molar-refractivity contribution is -0.907. The quantitative estimate of drug-likeness (QED) is 0.863. The van der Waals surface area contributed by atoms with Gasteiger partial charge in [0.05, 0.1) is 31.7 Å². The Morgan fingerprint density at radius 1 is 1.48 bits per heavy atom. The number of morpholine rings is 1. The molecule has 2 aliphatic rings. The van der Waals surface area contributed by atoms with Crippen LogP contribution in [-0.2, 0) is 22.4 Å². The fourth-order valence-corrected chi connectivity index (χ4v) is 4.72. The number of hydrogen-bond donors (Lipinski definition) is 2. The Hall–Kier alpha value is -1.42. The first kappa shape index (κ1) is 16.4. The van der Waals surface area contributed by atoms with Gasteiger partial charge in [-0.1, -0.05) is 6.92 Å². The van der Waals surface area contributed by atoms with Crippen molar-refractivity contribution in [3.05, 3.63) is 16.0 Å². The summed E-state index contributed by atoms with van der Waals surface area (Å²) in [6.45, 7) is 6.60. The fraction of sp³-hybridized carbons (Fsp3) is 0.647. The van der Waals surface area contributed by atoms with E-state index in [1.165, 1.54) is 15.3 Å². The summed E-state index contributed by atoms with van der Waals surface area (Å²) < 4.78 is 5.33. The summed E-state index contributed by atoms with van der Waals surface area (Å²) >= 11 is 1.60. The number of carbonyl (C=O) groups is 1. The molecule has 1 atom stereocenters. The molecule has 0 aromatic carbocycles. The number of thiophene rings is 1. The number of quaternary nitrogens is 1. The van der Waals surface area contributed by atoms with E-state index >= 15 is 0 Å². The predicted octanol–water partition coefficient (Wildman–Crippen LogP) is 0.988. The second kappa shape index (κ2) is 7.43. The van der Waals surface area contributed by atoms with Crippen LogP contribution in [0.15, 0.2) is 0 Å². The van der Waals surface area contributed by atoms with E-state index in [1.54, 1.807) is 11.3 Å². The van der Waals surface area contributed by atoms with Gasteiger partial charge in [-0.05, 0) is 30.7 Å². The van der Waals surface area contributed by atoms with Crippen LogP contribution in [0.25, 0.3) is 0 Å². The monoisotopic (exact) mass is 334 g/mol. The van der Waals surface area contributed by atoms with Gasteiger partial charge < -0.3 is 15.0 Å². The number of nitrogens with zero attached hydrogens (tertiary/aromatic N) is 1. The van der Waals surface area contributed by atoms with E-state index in [0.717, 1.165) is 57.1 Å². The van der Waals surface area contributed by atoms with Crippen molar-refractivity contribution in [3.63, 3.8) is 0 Å². The highest BCUT2D eigenvalue weighted by Gasteiger charge is 2.25. The van der Waals surface area contributed by atoms with Crippen molar-refractivity contribution in [2.75, 3.05) is 38.2 Å². The third kappa shape index (κ3) is 3.92. The van der Waals surface area contributed by atoms with Crippen LogP contribution in [0.4, 0.5) is 5.00 Å². The van der Waals surface area contributed by atoms with Gasteiger partial charge in [0, 0.05) is 4.88 Å². The van der Waals surface area contributed by atoms with E-state index in [9.17, 15) is 10.1 Å². The molecule has 124 valence electrons. The van der Waals surface area contributed by atoms with E-state index in [-0.39, 0.29) is 5.91 Å². The molecule has 1 saturated heterocycles. The zero-order chi connectivity index (χ0) is 16.2. The zero-order valence-electron chi connectivity index (χ0n) is 13.6. The number of ether oxygens (including phenoxy) is 1. The van der Waals surface area contributed by atoms with E-state index < -0.39 is 0 Å². The summed E-state index contributed by atoms with van der Waals surface area (Å²) in [4.78, 5) is 15.0. The van der Waals surface area contributed by atoms with Crippen LogP contribution in [0.5, 0.6) is 0 Å². The largest absolute Gasteiger partial charge is 0.370 e. The van der Waals surface area contributed by atoms with Gasteiger partial charge in [0.25, 0.3) is 0 Å². The van der Waals surface area contributed by atoms with E-state index in [4.69, 9.17) is 4.74 Å². The van der Waals surface area contributed by atoms with Gasteiger partial charge in [-0.3, -0.25) is 4.79 Å². The molecular formula is C17H24N3O2S+. The summed E-state index contributed by atoms with van der Waals surface area (Å²) in [5.41, 5.74) is 1.87. The molecule has 2 N–H and O–H groups in total. The maximum Gasteiger partial charge on any atom is 0.230 e. The molecule has 2 heterocycles. The van der Waals surface area contributed by atoms with Gasteiger partial charge in [-0.15, -0.1) is 11.3 Å². The smallest absolute Gasteiger partial charge is 0.230 e. The summed E-state index contributed by atoms with van der Waals surface area (Å²) in [6.07, 6.45) is 3.62. The number of fused-ring (bicyclic) bond motifs is 1. The maximum atomic E-state index is 12.2. The number of nitriles is 1. The minimum absolute atomic E-state index is 0.0205. The number of nitrogens with one attached hydrogen (secondary N) is 2. The fourth-order valence-electron chi connectivity index (χ4n) is 3.35. The van der Waals surface area contributed by atoms with Gasteiger partial charge in [-0.25, -0.2) is 0 Å².